The first kappa shape index (κ1) is 20.7. The number of amides is 4. The van der Waals surface area contributed by atoms with Gasteiger partial charge in [0.1, 0.15) is 17.7 Å². The Morgan fingerprint density at radius 3 is 2.45 bits per heavy atom. The van der Waals surface area contributed by atoms with E-state index in [1.807, 2.05) is 17.5 Å². The summed E-state index contributed by atoms with van der Waals surface area (Å²) < 4.78 is 26.7. The average Bonchev–Trinajstić information content (AvgIpc) is 3.32. The molecule has 158 valence electrons. The van der Waals surface area contributed by atoms with E-state index in [2.05, 4.69) is 5.32 Å². The first-order valence-electron chi connectivity index (χ1n) is 9.40. The van der Waals surface area contributed by atoms with Crippen LogP contribution in [0.3, 0.4) is 0 Å². The van der Waals surface area contributed by atoms with E-state index in [4.69, 9.17) is 0 Å². The van der Waals surface area contributed by atoms with E-state index in [-0.39, 0.29) is 24.3 Å². The van der Waals surface area contributed by atoms with Crippen molar-refractivity contribution in [1.82, 2.24) is 4.90 Å². The Labute approximate surface area is 180 Å². The molecule has 3 aromatic rings. The minimum absolute atomic E-state index is 0.151. The maximum Gasteiger partial charge on any atom is 0.332 e. The van der Waals surface area contributed by atoms with Crippen LogP contribution in [0.2, 0.25) is 0 Å². The van der Waals surface area contributed by atoms with Crippen molar-refractivity contribution in [2.45, 2.75) is 19.0 Å². The van der Waals surface area contributed by atoms with Gasteiger partial charge < -0.3 is 10.2 Å². The minimum atomic E-state index is -1.05. The molecule has 0 saturated carbocycles. The Kier molecular flexibility index (Phi) is 5.77. The van der Waals surface area contributed by atoms with E-state index in [1.54, 1.807) is 0 Å². The van der Waals surface area contributed by atoms with Crippen molar-refractivity contribution < 1.29 is 23.2 Å². The molecule has 1 aliphatic heterocycles. The lowest BCUT2D eigenvalue weighted by molar-refractivity contribution is -0.124. The van der Waals surface area contributed by atoms with Gasteiger partial charge in [0, 0.05) is 10.6 Å². The van der Waals surface area contributed by atoms with Crippen LogP contribution in [0.1, 0.15) is 11.3 Å². The largest absolute Gasteiger partial charge is 0.332 e. The van der Waals surface area contributed by atoms with Gasteiger partial charge in [-0.2, -0.15) is 0 Å². The normalized spacial score (nSPS) is 16.1. The van der Waals surface area contributed by atoms with Crippen LogP contribution < -0.4 is 10.2 Å². The SMILES string of the molecule is O=C(C[C@@H]1C(=O)N(c2ccc(F)cc2)C(=O)N1Cc1cccs1)Nc1cccc(F)c1. The van der Waals surface area contributed by atoms with Gasteiger partial charge in [-0.15, -0.1) is 11.3 Å². The predicted molar refractivity (Wildman–Crippen MR) is 113 cm³/mol. The van der Waals surface area contributed by atoms with Crippen LogP contribution in [0.25, 0.3) is 0 Å². The van der Waals surface area contributed by atoms with E-state index >= 15 is 0 Å². The molecular formula is C22H17F2N3O3S. The summed E-state index contributed by atoms with van der Waals surface area (Å²) in [6.45, 7) is 0.151. The molecule has 2 aromatic carbocycles. The Morgan fingerprint density at radius 2 is 1.77 bits per heavy atom. The number of nitrogens with zero attached hydrogens (tertiary/aromatic N) is 2. The monoisotopic (exact) mass is 441 g/mol. The maximum absolute atomic E-state index is 13.4. The van der Waals surface area contributed by atoms with Gasteiger partial charge in [-0.05, 0) is 53.9 Å². The molecule has 2 heterocycles. The molecule has 4 amide bonds. The summed E-state index contributed by atoms with van der Waals surface area (Å²) in [6, 6.07) is 12.4. The lowest BCUT2D eigenvalue weighted by atomic mass is 10.1. The third-order valence-corrected chi connectivity index (χ3v) is 5.66. The molecule has 0 unspecified atom stereocenters. The average molecular weight is 441 g/mol. The standard InChI is InChI=1S/C22H17F2N3O3S/c23-14-6-8-17(9-7-14)27-21(29)19(26(22(27)30)13-18-5-2-10-31-18)12-20(28)25-16-4-1-3-15(24)11-16/h1-11,19H,12-13H2,(H,25,28)/t19-/m1/s1. The van der Waals surface area contributed by atoms with Crippen molar-refractivity contribution in [1.29, 1.82) is 0 Å². The van der Waals surface area contributed by atoms with E-state index in [9.17, 15) is 23.2 Å². The Hall–Kier alpha value is -3.59. The van der Waals surface area contributed by atoms with Crippen molar-refractivity contribution in [3.05, 3.63) is 82.6 Å². The van der Waals surface area contributed by atoms with Crippen molar-refractivity contribution >= 4 is 40.6 Å². The fourth-order valence-corrected chi connectivity index (χ4v) is 4.07. The number of urea groups is 1. The van der Waals surface area contributed by atoms with Gasteiger partial charge in [0.15, 0.2) is 0 Å². The molecule has 31 heavy (non-hydrogen) atoms. The highest BCUT2D eigenvalue weighted by molar-refractivity contribution is 7.09. The molecule has 4 rings (SSSR count). The molecule has 1 saturated heterocycles. The Morgan fingerprint density at radius 1 is 1.00 bits per heavy atom. The number of imide groups is 1. The fraction of sp³-hybridized carbons (Fsp3) is 0.136. The highest BCUT2D eigenvalue weighted by atomic mass is 32.1. The first-order chi connectivity index (χ1) is 14.9. The van der Waals surface area contributed by atoms with Gasteiger partial charge >= 0.3 is 6.03 Å². The molecule has 1 aliphatic rings. The van der Waals surface area contributed by atoms with Crippen LogP contribution >= 0.6 is 11.3 Å². The number of benzene rings is 2. The van der Waals surface area contributed by atoms with Crippen LogP contribution in [-0.2, 0) is 16.1 Å². The summed E-state index contributed by atoms with van der Waals surface area (Å²) in [5.74, 6) is -2.12. The lowest BCUT2D eigenvalue weighted by Crippen LogP contribution is -2.37. The smallest absolute Gasteiger partial charge is 0.326 e. The summed E-state index contributed by atoms with van der Waals surface area (Å²) in [4.78, 5) is 41.9. The molecule has 1 N–H and O–H groups in total. The highest BCUT2D eigenvalue weighted by Crippen LogP contribution is 2.29. The van der Waals surface area contributed by atoms with Crippen molar-refractivity contribution in [3.8, 4) is 0 Å². The van der Waals surface area contributed by atoms with Gasteiger partial charge in [0.05, 0.1) is 18.7 Å². The number of anilines is 2. The zero-order chi connectivity index (χ0) is 22.0. The third kappa shape index (κ3) is 4.46. The van der Waals surface area contributed by atoms with E-state index in [0.29, 0.717) is 0 Å². The van der Waals surface area contributed by atoms with Crippen LogP contribution in [0.15, 0.2) is 66.0 Å². The van der Waals surface area contributed by atoms with Crippen molar-refractivity contribution in [2.75, 3.05) is 10.2 Å². The molecule has 1 atom stereocenters. The number of nitrogens with one attached hydrogen (secondary N) is 1. The summed E-state index contributed by atoms with van der Waals surface area (Å²) in [5, 5.41) is 4.40. The van der Waals surface area contributed by atoms with Crippen molar-refractivity contribution in [3.63, 3.8) is 0 Å². The van der Waals surface area contributed by atoms with Gasteiger partial charge in [-0.25, -0.2) is 18.5 Å². The first-order valence-corrected chi connectivity index (χ1v) is 10.3. The number of carbonyl (C=O) groups excluding carboxylic acids is 3. The topological polar surface area (TPSA) is 69.7 Å². The van der Waals surface area contributed by atoms with E-state index < -0.39 is 35.5 Å². The zero-order valence-electron chi connectivity index (χ0n) is 16.1. The van der Waals surface area contributed by atoms with Crippen LogP contribution in [0.4, 0.5) is 25.0 Å². The quantitative estimate of drug-likeness (QED) is 0.577. The van der Waals surface area contributed by atoms with Crippen LogP contribution in [0, 0.1) is 11.6 Å². The van der Waals surface area contributed by atoms with Gasteiger partial charge in [0.25, 0.3) is 5.91 Å². The molecule has 1 aromatic heterocycles. The molecule has 0 bridgehead atoms. The number of carbonyl (C=O) groups is 3. The summed E-state index contributed by atoms with van der Waals surface area (Å²) >= 11 is 1.42. The lowest BCUT2D eigenvalue weighted by Gasteiger charge is -2.21. The summed E-state index contributed by atoms with van der Waals surface area (Å²) in [6.07, 6.45) is -0.301. The molecule has 9 heteroatoms. The zero-order valence-corrected chi connectivity index (χ0v) is 16.9. The molecule has 6 nitrogen and oxygen atoms in total. The maximum atomic E-state index is 13.4. The van der Waals surface area contributed by atoms with Gasteiger partial charge in [0.2, 0.25) is 5.91 Å². The second kappa shape index (κ2) is 8.65. The van der Waals surface area contributed by atoms with E-state index in [0.717, 1.165) is 28.0 Å². The highest BCUT2D eigenvalue weighted by Gasteiger charge is 2.46. The minimum Gasteiger partial charge on any atom is -0.326 e. The molecule has 0 spiro atoms. The van der Waals surface area contributed by atoms with Gasteiger partial charge in [-0.1, -0.05) is 12.1 Å². The Balaban J connectivity index is 1.59. The van der Waals surface area contributed by atoms with Gasteiger partial charge in [-0.3, -0.25) is 9.59 Å². The second-order valence-electron chi connectivity index (χ2n) is 6.92. The predicted octanol–water partition coefficient (Wildman–Crippen LogP) is 4.39. The number of rotatable bonds is 6. The third-order valence-electron chi connectivity index (χ3n) is 4.80. The van der Waals surface area contributed by atoms with Crippen LogP contribution in [-0.4, -0.2) is 28.8 Å². The molecular weight excluding hydrogens is 424 g/mol. The fourth-order valence-electron chi connectivity index (χ4n) is 3.37. The van der Waals surface area contributed by atoms with Crippen LogP contribution in [0.5, 0.6) is 0 Å². The molecule has 1 fully saturated rings. The van der Waals surface area contributed by atoms with E-state index in [1.165, 1.54) is 46.6 Å². The summed E-state index contributed by atoms with van der Waals surface area (Å²) in [5.41, 5.74) is 0.475. The number of hydrogen-bond donors (Lipinski definition) is 1. The number of hydrogen-bond acceptors (Lipinski definition) is 4. The number of halogens is 2. The molecule has 0 radical (unpaired) electrons. The number of thiophene rings is 1. The summed E-state index contributed by atoms with van der Waals surface area (Å²) in [7, 11) is 0. The second-order valence-corrected chi connectivity index (χ2v) is 7.95. The van der Waals surface area contributed by atoms with Crippen molar-refractivity contribution in [2.24, 2.45) is 0 Å². The Bertz CT molecular complexity index is 1120. The molecule has 0 aliphatic carbocycles.